The number of likely N-dealkylation sites (N-methyl/N-ethyl adjacent to an activating group) is 1. The van der Waals surface area contributed by atoms with Crippen LogP contribution in [0, 0.1) is 0 Å². The summed E-state index contributed by atoms with van der Waals surface area (Å²) in [7, 11) is 2.16. The third-order valence-corrected chi connectivity index (χ3v) is 8.00. The molecule has 6 rings (SSSR count). The Labute approximate surface area is 242 Å². The number of rotatable bonds is 10. The molecule has 4 heteroatoms. The molecule has 5 aromatic rings. The SMILES string of the molecule is C[C@H](c1cccc2ccccc12)N(C)C1=N[C@@]1(C)Cc1ccc(OCc2ccccc2)c(OCc2ccccc2)c1. The van der Waals surface area contributed by atoms with Crippen molar-refractivity contribution in [3.63, 3.8) is 0 Å². The number of amidine groups is 1. The first-order valence-corrected chi connectivity index (χ1v) is 14.3. The summed E-state index contributed by atoms with van der Waals surface area (Å²) in [5, 5.41) is 2.56. The van der Waals surface area contributed by atoms with Crippen molar-refractivity contribution in [2.24, 2.45) is 4.99 Å². The molecule has 1 aliphatic heterocycles. The van der Waals surface area contributed by atoms with Crippen LogP contribution in [0.3, 0.4) is 0 Å². The maximum Gasteiger partial charge on any atom is 0.161 e. The average molecular weight is 541 g/mol. The van der Waals surface area contributed by atoms with Gasteiger partial charge < -0.3 is 14.4 Å². The summed E-state index contributed by atoms with van der Waals surface area (Å²) in [6.45, 7) is 5.45. The van der Waals surface area contributed by atoms with Crippen molar-refractivity contribution in [3.05, 3.63) is 144 Å². The van der Waals surface area contributed by atoms with Crippen molar-refractivity contribution in [2.45, 2.75) is 45.1 Å². The summed E-state index contributed by atoms with van der Waals surface area (Å²) in [5.41, 5.74) is 4.50. The predicted molar refractivity (Wildman–Crippen MR) is 168 cm³/mol. The summed E-state index contributed by atoms with van der Waals surface area (Å²) in [6.07, 6.45) is 0.801. The van der Waals surface area contributed by atoms with Gasteiger partial charge in [0.05, 0.1) is 6.04 Å². The van der Waals surface area contributed by atoms with Crippen LogP contribution >= 0.6 is 0 Å². The number of hydrogen-bond donors (Lipinski definition) is 0. The lowest BCUT2D eigenvalue weighted by Gasteiger charge is -2.27. The van der Waals surface area contributed by atoms with Gasteiger partial charge in [-0.3, -0.25) is 4.99 Å². The number of aliphatic imine (C=N–C) groups is 1. The molecule has 0 aliphatic carbocycles. The van der Waals surface area contributed by atoms with Gasteiger partial charge in [0, 0.05) is 13.5 Å². The topological polar surface area (TPSA) is 34.1 Å². The lowest BCUT2D eigenvalue weighted by Crippen LogP contribution is -2.33. The van der Waals surface area contributed by atoms with Crippen LogP contribution in [0.1, 0.15) is 42.1 Å². The van der Waals surface area contributed by atoms with Crippen LogP contribution in [0.5, 0.6) is 11.5 Å². The summed E-state index contributed by atoms with van der Waals surface area (Å²) in [5.74, 6) is 2.64. The minimum atomic E-state index is -0.239. The molecule has 0 aromatic heterocycles. The molecule has 1 aliphatic rings. The van der Waals surface area contributed by atoms with Gasteiger partial charge in [0.1, 0.15) is 24.6 Å². The zero-order valence-corrected chi connectivity index (χ0v) is 24.0. The standard InChI is InChI=1S/C37H36N2O2/c1-27(32-20-12-18-31-17-10-11-19-33(31)32)39(3)36-37(2,38-36)24-30-21-22-34(40-25-28-13-6-4-7-14-28)35(23-30)41-26-29-15-8-5-9-16-29/h4-23,27H,24-26H2,1-3H3/t27-,37+/m1/s1. The van der Waals surface area contributed by atoms with E-state index in [9.17, 15) is 0 Å². The van der Waals surface area contributed by atoms with Crippen molar-refractivity contribution >= 4 is 16.6 Å². The fourth-order valence-corrected chi connectivity index (χ4v) is 5.55. The Hall–Kier alpha value is -4.57. The first-order chi connectivity index (χ1) is 20.0. The highest BCUT2D eigenvalue weighted by atomic mass is 16.5. The second-order valence-electron chi connectivity index (χ2n) is 11.1. The van der Waals surface area contributed by atoms with E-state index >= 15 is 0 Å². The Balaban J connectivity index is 1.18. The van der Waals surface area contributed by atoms with Gasteiger partial charge in [-0.2, -0.15) is 0 Å². The van der Waals surface area contributed by atoms with Crippen LogP contribution in [-0.2, 0) is 19.6 Å². The molecule has 0 unspecified atom stereocenters. The van der Waals surface area contributed by atoms with Gasteiger partial charge in [-0.1, -0.05) is 109 Å². The van der Waals surface area contributed by atoms with E-state index in [1.165, 1.54) is 21.9 Å². The minimum absolute atomic E-state index is 0.209. The molecule has 4 nitrogen and oxygen atoms in total. The van der Waals surface area contributed by atoms with Gasteiger partial charge >= 0.3 is 0 Å². The Kier molecular flexibility index (Phi) is 7.47. The quantitative estimate of drug-likeness (QED) is 0.178. The molecule has 1 heterocycles. The van der Waals surface area contributed by atoms with E-state index in [-0.39, 0.29) is 11.6 Å². The van der Waals surface area contributed by atoms with Gasteiger partial charge in [-0.25, -0.2) is 0 Å². The number of ether oxygens (including phenoxy) is 2. The summed E-state index contributed by atoms with van der Waals surface area (Å²) < 4.78 is 12.6. The van der Waals surface area contributed by atoms with Crippen molar-refractivity contribution in [1.29, 1.82) is 0 Å². The lowest BCUT2D eigenvalue weighted by atomic mass is 9.95. The van der Waals surface area contributed by atoms with E-state index in [1.807, 2.05) is 42.5 Å². The summed E-state index contributed by atoms with van der Waals surface area (Å²) in [4.78, 5) is 7.33. The van der Waals surface area contributed by atoms with Crippen molar-refractivity contribution in [3.8, 4) is 11.5 Å². The third kappa shape index (κ3) is 5.97. The molecule has 0 amide bonds. The molecule has 5 aromatic carbocycles. The molecule has 0 radical (unpaired) electrons. The van der Waals surface area contributed by atoms with E-state index in [0.717, 1.165) is 34.9 Å². The Bertz CT molecular complexity index is 1660. The molecule has 206 valence electrons. The molecule has 2 atom stereocenters. The second-order valence-corrected chi connectivity index (χ2v) is 11.1. The highest BCUT2D eigenvalue weighted by Gasteiger charge is 2.46. The molecular formula is C37H36N2O2. The van der Waals surface area contributed by atoms with Gasteiger partial charge in [0.25, 0.3) is 0 Å². The van der Waals surface area contributed by atoms with Gasteiger partial charge in [-0.15, -0.1) is 0 Å². The molecule has 0 bridgehead atoms. The van der Waals surface area contributed by atoms with Crippen LogP contribution in [0.4, 0.5) is 0 Å². The largest absolute Gasteiger partial charge is 0.485 e. The van der Waals surface area contributed by atoms with Crippen molar-refractivity contribution in [2.75, 3.05) is 7.05 Å². The molecule has 0 fully saturated rings. The number of benzene rings is 5. The lowest BCUT2D eigenvalue weighted by molar-refractivity contribution is 0.255. The molecule has 0 saturated heterocycles. The molecule has 0 spiro atoms. The fourth-order valence-electron chi connectivity index (χ4n) is 5.55. The van der Waals surface area contributed by atoms with E-state index in [4.69, 9.17) is 14.5 Å². The maximum atomic E-state index is 6.33. The van der Waals surface area contributed by atoms with Crippen LogP contribution < -0.4 is 9.47 Å². The molecule has 0 saturated carbocycles. The first-order valence-electron chi connectivity index (χ1n) is 14.3. The molecule has 41 heavy (non-hydrogen) atoms. The smallest absolute Gasteiger partial charge is 0.161 e. The number of fused-ring (bicyclic) bond motifs is 1. The van der Waals surface area contributed by atoms with E-state index < -0.39 is 0 Å². The third-order valence-electron chi connectivity index (χ3n) is 8.00. The van der Waals surface area contributed by atoms with Crippen LogP contribution in [0.15, 0.2) is 126 Å². The zero-order valence-electron chi connectivity index (χ0n) is 24.0. The van der Waals surface area contributed by atoms with Crippen LogP contribution in [0.2, 0.25) is 0 Å². The number of nitrogens with zero attached hydrogens (tertiary/aromatic N) is 2. The molecule has 0 N–H and O–H groups in total. The van der Waals surface area contributed by atoms with E-state index in [0.29, 0.717) is 13.2 Å². The van der Waals surface area contributed by atoms with Crippen molar-refractivity contribution in [1.82, 2.24) is 4.90 Å². The van der Waals surface area contributed by atoms with Crippen LogP contribution in [0.25, 0.3) is 10.8 Å². The van der Waals surface area contributed by atoms with Gasteiger partial charge in [0.15, 0.2) is 11.5 Å². The van der Waals surface area contributed by atoms with E-state index in [1.54, 1.807) is 0 Å². The van der Waals surface area contributed by atoms with E-state index in [2.05, 4.69) is 105 Å². The molecular weight excluding hydrogens is 504 g/mol. The summed E-state index contributed by atoms with van der Waals surface area (Å²) in [6, 6.07) is 42.1. The predicted octanol–water partition coefficient (Wildman–Crippen LogP) is 8.40. The highest BCUT2D eigenvalue weighted by molar-refractivity contribution is 6.03. The second kappa shape index (κ2) is 11.5. The maximum absolute atomic E-state index is 6.33. The summed E-state index contributed by atoms with van der Waals surface area (Å²) >= 11 is 0. The van der Waals surface area contributed by atoms with Gasteiger partial charge in [0.2, 0.25) is 0 Å². The highest BCUT2D eigenvalue weighted by Crippen LogP contribution is 2.39. The minimum Gasteiger partial charge on any atom is -0.485 e. The first kappa shape index (κ1) is 26.6. The normalized spacial score (nSPS) is 16.6. The van der Waals surface area contributed by atoms with Crippen molar-refractivity contribution < 1.29 is 9.47 Å². The Morgan fingerprint density at radius 1 is 0.683 bits per heavy atom. The fraction of sp³-hybridized carbons (Fsp3) is 0.216. The average Bonchev–Trinajstić information content (AvgIpc) is 3.69. The Morgan fingerprint density at radius 2 is 1.29 bits per heavy atom. The zero-order chi connectivity index (χ0) is 28.2. The monoisotopic (exact) mass is 540 g/mol. The van der Waals surface area contributed by atoms with Crippen LogP contribution in [-0.4, -0.2) is 23.3 Å². The van der Waals surface area contributed by atoms with Gasteiger partial charge in [-0.05, 0) is 59.0 Å². The number of hydrogen-bond acceptors (Lipinski definition) is 4. The Morgan fingerprint density at radius 3 is 2.00 bits per heavy atom.